The van der Waals surface area contributed by atoms with Gasteiger partial charge in [0.25, 0.3) is 0 Å². The number of hydrogen-bond donors (Lipinski definition) is 1. The van der Waals surface area contributed by atoms with E-state index < -0.39 is 0 Å². The van der Waals surface area contributed by atoms with Gasteiger partial charge in [-0.1, -0.05) is 30.3 Å². The van der Waals surface area contributed by atoms with Gasteiger partial charge in [0.15, 0.2) is 5.16 Å². The van der Waals surface area contributed by atoms with Crippen LogP contribution < -0.4 is 0 Å². The standard InChI is InChI=1S/C14H20N2OS/c1-2-16-13-9-5-4-8-12(13)15-14(16)18-11-7-3-6-10-17/h4-5,8-9,17H,2-3,6-7,10-11H2,1H3. The number of para-hydroxylation sites is 2. The summed E-state index contributed by atoms with van der Waals surface area (Å²) in [5, 5.41) is 9.85. The maximum atomic E-state index is 8.74. The second-order valence-corrected chi connectivity index (χ2v) is 5.32. The van der Waals surface area contributed by atoms with Gasteiger partial charge in [-0.05, 0) is 31.9 Å². The Bertz CT molecular complexity index is 495. The zero-order valence-corrected chi connectivity index (χ0v) is 11.6. The summed E-state index contributed by atoms with van der Waals surface area (Å²) in [7, 11) is 0. The Kier molecular flexibility index (Phi) is 5.08. The third-order valence-corrected chi connectivity index (χ3v) is 4.03. The maximum Gasteiger partial charge on any atom is 0.169 e. The summed E-state index contributed by atoms with van der Waals surface area (Å²) in [4.78, 5) is 4.68. The molecule has 2 rings (SSSR count). The lowest BCUT2D eigenvalue weighted by atomic mass is 10.3. The van der Waals surface area contributed by atoms with Crippen molar-refractivity contribution in [3.63, 3.8) is 0 Å². The molecule has 0 aliphatic heterocycles. The average molecular weight is 264 g/mol. The predicted molar refractivity (Wildman–Crippen MR) is 77.1 cm³/mol. The lowest BCUT2D eigenvalue weighted by Gasteiger charge is -2.05. The number of imidazole rings is 1. The Labute approximate surface area is 112 Å². The fourth-order valence-electron chi connectivity index (χ4n) is 2.02. The number of aromatic nitrogens is 2. The first kappa shape index (κ1) is 13.4. The Morgan fingerprint density at radius 2 is 2.06 bits per heavy atom. The summed E-state index contributed by atoms with van der Waals surface area (Å²) in [5.74, 6) is 1.07. The topological polar surface area (TPSA) is 38.0 Å². The maximum absolute atomic E-state index is 8.74. The van der Waals surface area contributed by atoms with Crippen LogP contribution in [0.4, 0.5) is 0 Å². The minimum Gasteiger partial charge on any atom is -0.396 e. The van der Waals surface area contributed by atoms with Crippen LogP contribution in [0.3, 0.4) is 0 Å². The Balaban J connectivity index is 2.03. The van der Waals surface area contributed by atoms with Gasteiger partial charge in [-0.15, -0.1) is 0 Å². The summed E-state index contributed by atoms with van der Waals surface area (Å²) in [6, 6.07) is 8.29. The van der Waals surface area contributed by atoms with E-state index in [9.17, 15) is 0 Å². The van der Waals surface area contributed by atoms with Crippen molar-refractivity contribution in [2.75, 3.05) is 12.4 Å². The highest BCUT2D eigenvalue weighted by Crippen LogP contribution is 2.24. The van der Waals surface area contributed by atoms with E-state index in [1.165, 1.54) is 5.52 Å². The van der Waals surface area contributed by atoms with Crippen LogP contribution in [0.1, 0.15) is 26.2 Å². The fraction of sp³-hybridized carbons (Fsp3) is 0.500. The predicted octanol–water partition coefficient (Wildman–Crippen LogP) is 3.31. The molecule has 0 unspecified atom stereocenters. The molecular formula is C14H20N2OS. The molecule has 1 aromatic heterocycles. The molecule has 0 radical (unpaired) electrons. The van der Waals surface area contributed by atoms with Crippen molar-refractivity contribution in [2.24, 2.45) is 0 Å². The first-order valence-corrected chi connectivity index (χ1v) is 7.54. The molecule has 0 atom stereocenters. The van der Waals surface area contributed by atoms with E-state index in [0.29, 0.717) is 6.61 Å². The second-order valence-electron chi connectivity index (χ2n) is 4.26. The largest absolute Gasteiger partial charge is 0.396 e. The molecule has 1 heterocycles. The van der Waals surface area contributed by atoms with Gasteiger partial charge in [0.05, 0.1) is 11.0 Å². The van der Waals surface area contributed by atoms with Crippen LogP contribution in [-0.4, -0.2) is 27.0 Å². The van der Waals surface area contributed by atoms with Gasteiger partial charge in [-0.25, -0.2) is 4.98 Å². The summed E-state index contributed by atoms with van der Waals surface area (Å²) < 4.78 is 2.27. The molecule has 1 N–H and O–H groups in total. The number of aryl methyl sites for hydroxylation is 1. The Morgan fingerprint density at radius 3 is 2.83 bits per heavy atom. The number of benzene rings is 1. The van der Waals surface area contributed by atoms with E-state index in [2.05, 4.69) is 34.7 Å². The molecule has 2 aromatic rings. The summed E-state index contributed by atoms with van der Waals surface area (Å²) in [6.07, 6.45) is 3.14. The monoisotopic (exact) mass is 264 g/mol. The molecule has 98 valence electrons. The van der Waals surface area contributed by atoms with Crippen LogP contribution in [0.25, 0.3) is 11.0 Å². The highest BCUT2D eigenvalue weighted by atomic mass is 32.2. The van der Waals surface area contributed by atoms with E-state index in [0.717, 1.165) is 42.2 Å². The number of unbranched alkanes of at least 4 members (excludes halogenated alkanes) is 2. The van der Waals surface area contributed by atoms with Crippen LogP contribution in [0.15, 0.2) is 29.4 Å². The molecule has 0 amide bonds. The Hall–Kier alpha value is -1.00. The van der Waals surface area contributed by atoms with Crippen LogP contribution >= 0.6 is 11.8 Å². The van der Waals surface area contributed by atoms with Gasteiger partial charge in [0, 0.05) is 18.9 Å². The lowest BCUT2D eigenvalue weighted by Crippen LogP contribution is -1.96. The number of aliphatic hydroxyl groups excluding tert-OH is 1. The van der Waals surface area contributed by atoms with Crippen LogP contribution in [0, 0.1) is 0 Å². The van der Waals surface area contributed by atoms with Crippen molar-refractivity contribution in [3.8, 4) is 0 Å². The second kappa shape index (κ2) is 6.81. The summed E-state index contributed by atoms with van der Waals surface area (Å²) in [6.45, 7) is 3.42. The molecule has 3 nitrogen and oxygen atoms in total. The lowest BCUT2D eigenvalue weighted by molar-refractivity contribution is 0.284. The minimum absolute atomic E-state index is 0.304. The SMILES string of the molecule is CCn1c(SCCCCCO)nc2ccccc21. The normalized spacial score (nSPS) is 11.2. The fourth-order valence-corrected chi connectivity index (χ4v) is 3.10. The van der Waals surface area contributed by atoms with Gasteiger partial charge in [-0.3, -0.25) is 0 Å². The van der Waals surface area contributed by atoms with E-state index >= 15 is 0 Å². The van der Waals surface area contributed by atoms with Gasteiger partial charge >= 0.3 is 0 Å². The van der Waals surface area contributed by atoms with Crippen molar-refractivity contribution in [1.29, 1.82) is 0 Å². The van der Waals surface area contributed by atoms with Gasteiger partial charge in [-0.2, -0.15) is 0 Å². The minimum atomic E-state index is 0.304. The van der Waals surface area contributed by atoms with Crippen LogP contribution in [-0.2, 0) is 6.54 Å². The molecule has 4 heteroatoms. The van der Waals surface area contributed by atoms with Crippen molar-refractivity contribution in [3.05, 3.63) is 24.3 Å². The molecule has 18 heavy (non-hydrogen) atoms. The average Bonchev–Trinajstić information content (AvgIpc) is 2.76. The zero-order chi connectivity index (χ0) is 12.8. The zero-order valence-electron chi connectivity index (χ0n) is 10.8. The van der Waals surface area contributed by atoms with E-state index in [-0.39, 0.29) is 0 Å². The first-order valence-electron chi connectivity index (χ1n) is 6.55. The first-order chi connectivity index (χ1) is 8.86. The number of rotatable bonds is 7. The highest BCUT2D eigenvalue weighted by Gasteiger charge is 2.08. The smallest absolute Gasteiger partial charge is 0.169 e. The van der Waals surface area contributed by atoms with Crippen molar-refractivity contribution >= 4 is 22.8 Å². The molecule has 0 saturated heterocycles. The molecule has 0 spiro atoms. The number of thioether (sulfide) groups is 1. The van der Waals surface area contributed by atoms with Crippen molar-refractivity contribution < 1.29 is 5.11 Å². The van der Waals surface area contributed by atoms with E-state index in [4.69, 9.17) is 5.11 Å². The molecule has 0 aliphatic rings. The molecule has 0 saturated carbocycles. The summed E-state index contributed by atoms with van der Waals surface area (Å²) >= 11 is 1.82. The van der Waals surface area contributed by atoms with Gasteiger partial charge in [0.1, 0.15) is 0 Å². The van der Waals surface area contributed by atoms with Gasteiger partial charge < -0.3 is 9.67 Å². The molecule has 1 aromatic carbocycles. The Morgan fingerprint density at radius 1 is 1.22 bits per heavy atom. The summed E-state index contributed by atoms with van der Waals surface area (Å²) in [5.41, 5.74) is 2.30. The quantitative estimate of drug-likeness (QED) is 0.616. The van der Waals surface area contributed by atoms with Crippen molar-refractivity contribution in [1.82, 2.24) is 9.55 Å². The van der Waals surface area contributed by atoms with Crippen LogP contribution in [0.2, 0.25) is 0 Å². The van der Waals surface area contributed by atoms with Crippen molar-refractivity contribution in [2.45, 2.75) is 37.9 Å². The third-order valence-electron chi connectivity index (χ3n) is 2.97. The molecule has 0 fully saturated rings. The molecular weight excluding hydrogens is 244 g/mol. The van der Waals surface area contributed by atoms with Crippen LogP contribution in [0.5, 0.6) is 0 Å². The number of aliphatic hydroxyl groups is 1. The van der Waals surface area contributed by atoms with E-state index in [1.54, 1.807) is 0 Å². The molecule has 0 aliphatic carbocycles. The number of nitrogens with zero attached hydrogens (tertiary/aromatic N) is 2. The molecule has 0 bridgehead atoms. The highest BCUT2D eigenvalue weighted by molar-refractivity contribution is 7.99. The van der Waals surface area contributed by atoms with Gasteiger partial charge in [0.2, 0.25) is 0 Å². The number of hydrogen-bond acceptors (Lipinski definition) is 3. The number of fused-ring (bicyclic) bond motifs is 1. The third kappa shape index (κ3) is 3.06. The van der Waals surface area contributed by atoms with E-state index in [1.807, 2.05) is 17.8 Å².